The molecular weight excluding hydrogens is 388 g/mol. The summed E-state index contributed by atoms with van der Waals surface area (Å²) in [6.07, 6.45) is 23.2. The smallest absolute Gasteiger partial charge is 0.157 e. The molecule has 0 aromatic heterocycles. The molecule has 0 aromatic rings. The minimum atomic E-state index is 0.0210. The molecule has 0 aliphatic carbocycles. The molecule has 0 fully saturated rings. The molecule has 0 aliphatic rings. The SMILES string of the molecule is CCCCCCOC(CCCCC/C=C\CCCBr)OCCCCCC. The van der Waals surface area contributed by atoms with Crippen molar-refractivity contribution in [1.82, 2.24) is 0 Å². The van der Waals surface area contributed by atoms with Gasteiger partial charge in [-0.3, -0.25) is 0 Å². The lowest BCUT2D eigenvalue weighted by atomic mass is 10.1. The lowest BCUT2D eigenvalue weighted by Gasteiger charge is -2.19. The van der Waals surface area contributed by atoms with E-state index in [2.05, 4.69) is 41.9 Å². The van der Waals surface area contributed by atoms with Crippen molar-refractivity contribution in [3.05, 3.63) is 12.2 Å². The Morgan fingerprint density at radius 3 is 1.73 bits per heavy atom. The predicted octanol–water partition coefficient (Wildman–Crippen LogP) is 8.19. The van der Waals surface area contributed by atoms with Crippen LogP contribution < -0.4 is 0 Å². The molecule has 0 heterocycles. The minimum absolute atomic E-state index is 0.0210. The largest absolute Gasteiger partial charge is 0.353 e. The molecule has 156 valence electrons. The third kappa shape index (κ3) is 20.5. The van der Waals surface area contributed by atoms with E-state index >= 15 is 0 Å². The van der Waals surface area contributed by atoms with E-state index in [1.807, 2.05) is 0 Å². The second-order valence-electron chi connectivity index (χ2n) is 7.23. The number of halogens is 1. The fourth-order valence-electron chi connectivity index (χ4n) is 2.88. The van der Waals surface area contributed by atoms with E-state index in [-0.39, 0.29) is 6.29 Å². The lowest BCUT2D eigenvalue weighted by Crippen LogP contribution is -2.19. The molecule has 0 unspecified atom stereocenters. The Hall–Kier alpha value is 0.140. The standard InChI is InChI=1S/C23H45BrO2/c1-3-5-7-17-21-25-23(26-22-18-8-6-4-2)19-15-13-11-9-10-12-14-16-20-24/h10,12,23H,3-9,11,13-22H2,1-2H3/b12-10-. The highest BCUT2D eigenvalue weighted by Crippen LogP contribution is 2.13. The number of rotatable bonds is 21. The van der Waals surface area contributed by atoms with E-state index in [4.69, 9.17) is 9.47 Å². The molecule has 0 aromatic carbocycles. The maximum Gasteiger partial charge on any atom is 0.157 e. The van der Waals surface area contributed by atoms with Crippen molar-refractivity contribution in [3.63, 3.8) is 0 Å². The summed E-state index contributed by atoms with van der Waals surface area (Å²) < 4.78 is 12.1. The van der Waals surface area contributed by atoms with Crippen molar-refractivity contribution < 1.29 is 9.47 Å². The van der Waals surface area contributed by atoms with Gasteiger partial charge in [0.1, 0.15) is 0 Å². The van der Waals surface area contributed by atoms with Crippen LogP contribution in [0.4, 0.5) is 0 Å². The lowest BCUT2D eigenvalue weighted by molar-refractivity contribution is -0.148. The predicted molar refractivity (Wildman–Crippen MR) is 119 cm³/mol. The Kier molecular flexibility index (Phi) is 23.3. The van der Waals surface area contributed by atoms with Crippen LogP contribution in [0, 0.1) is 0 Å². The molecule has 0 saturated heterocycles. The second kappa shape index (κ2) is 23.2. The molecule has 0 bridgehead atoms. The Morgan fingerprint density at radius 2 is 1.19 bits per heavy atom. The average Bonchev–Trinajstić information content (AvgIpc) is 2.65. The Bertz CT molecular complexity index is 267. The monoisotopic (exact) mass is 432 g/mol. The number of allylic oxidation sites excluding steroid dienone is 2. The third-order valence-electron chi connectivity index (χ3n) is 4.58. The zero-order valence-corrected chi connectivity index (χ0v) is 19.2. The third-order valence-corrected chi connectivity index (χ3v) is 5.15. The van der Waals surface area contributed by atoms with Gasteiger partial charge in [-0.05, 0) is 51.4 Å². The van der Waals surface area contributed by atoms with Crippen molar-refractivity contribution in [2.45, 2.75) is 116 Å². The first-order valence-electron chi connectivity index (χ1n) is 11.3. The normalized spacial score (nSPS) is 11.8. The summed E-state index contributed by atoms with van der Waals surface area (Å²) in [5, 5.41) is 1.11. The van der Waals surface area contributed by atoms with Gasteiger partial charge in [-0.15, -0.1) is 0 Å². The van der Waals surface area contributed by atoms with Gasteiger partial charge in [-0.2, -0.15) is 0 Å². The molecule has 0 N–H and O–H groups in total. The number of ether oxygens (including phenoxy) is 2. The van der Waals surface area contributed by atoms with Crippen LogP contribution in [0.2, 0.25) is 0 Å². The van der Waals surface area contributed by atoms with Crippen LogP contribution in [0.5, 0.6) is 0 Å². The first-order valence-corrected chi connectivity index (χ1v) is 12.4. The van der Waals surface area contributed by atoms with Crippen LogP contribution in [0.3, 0.4) is 0 Å². The van der Waals surface area contributed by atoms with Gasteiger partial charge >= 0.3 is 0 Å². The summed E-state index contributed by atoms with van der Waals surface area (Å²) >= 11 is 3.47. The number of unbranched alkanes of at least 4 members (excludes halogenated alkanes) is 10. The van der Waals surface area contributed by atoms with Crippen LogP contribution >= 0.6 is 15.9 Å². The molecule has 0 aliphatic heterocycles. The molecule has 26 heavy (non-hydrogen) atoms. The van der Waals surface area contributed by atoms with Gasteiger partial charge in [0.2, 0.25) is 0 Å². The molecule has 0 rings (SSSR count). The number of hydrogen-bond acceptors (Lipinski definition) is 2. The molecule has 0 radical (unpaired) electrons. The Labute approximate surface area is 172 Å². The highest BCUT2D eigenvalue weighted by atomic mass is 79.9. The zero-order chi connectivity index (χ0) is 19.1. The minimum Gasteiger partial charge on any atom is -0.353 e. The molecule has 3 heteroatoms. The molecule has 0 spiro atoms. The van der Waals surface area contributed by atoms with Crippen molar-refractivity contribution in [1.29, 1.82) is 0 Å². The highest BCUT2D eigenvalue weighted by Gasteiger charge is 2.09. The fourth-order valence-corrected chi connectivity index (χ4v) is 3.21. The quantitative estimate of drug-likeness (QED) is 0.0786. The van der Waals surface area contributed by atoms with E-state index < -0.39 is 0 Å². The number of alkyl halides is 1. The maximum absolute atomic E-state index is 6.03. The van der Waals surface area contributed by atoms with Gasteiger partial charge < -0.3 is 9.47 Å². The van der Waals surface area contributed by atoms with E-state index in [9.17, 15) is 0 Å². The number of hydrogen-bond donors (Lipinski definition) is 0. The first-order chi connectivity index (χ1) is 12.8. The van der Waals surface area contributed by atoms with Gasteiger partial charge in [0.15, 0.2) is 6.29 Å². The first kappa shape index (κ1) is 26.1. The topological polar surface area (TPSA) is 18.5 Å². The second-order valence-corrected chi connectivity index (χ2v) is 8.03. The van der Waals surface area contributed by atoms with Gasteiger partial charge in [0.05, 0.1) is 0 Å². The van der Waals surface area contributed by atoms with Crippen molar-refractivity contribution in [3.8, 4) is 0 Å². The van der Waals surface area contributed by atoms with Crippen molar-refractivity contribution in [2.24, 2.45) is 0 Å². The summed E-state index contributed by atoms with van der Waals surface area (Å²) in [5.41, 5.74) is 0. The van der Waals surface area contributed by atoms with E-state index in [0.29, 0.717) is 0 Å². The fraction of sp³-hybridized carbons (Fsp3) is 0.913. The van der Waals surface area contributed by atoms with Crippen LogP contribution in [0.25, 0.3) is 0 Å². The van der Waals surface area contributed by atoms with Gasteiger partial charge in [-0.1, -0.05) is 86.9 Å². The summed E-state index contributed by atoms with van der Waals surface area (Å²) in [6, 6.07) is 0. The van der Waals surface area contributed by atoms with Crippen molar-refractivity contribution in [2.75, 3.05) is 18.5 Å². The van der Waals surface area contributed by atoms with Gasteiger partial charge in [0.25, 0.3) is 0 Å². The summed E-state index contributed by atoms with van der Waals surface area (Å²) in [5.74, 6) is 0. The van der Waals surface area contributed by atoms with E-state index in [1.165, 1.54) is 89.9 Å². The molecule has 0 atom stereocenters. The van der Waals surface area contributed by atoms with Crippen LogP contribution in [-0.4, -0.2) is 24.8 Å². The molecule has 0 amide bonds. The average molecular weight is 434 g/mol. The summed E-state index contributed by atoms with van der Waals surface area (Å²) in [6.45, 7) is 6.21. The van der Waals surface area contributed by atoms with Gasteiger partial charge in [0, 0.05) is 18.5 Å². The Balaban J connectivity index is 3.78. The van der Waals surface area contributed by atoms with Crippen LogP contribution in [0.1, 0.15) is 110 Å². The maximum atomic E-state index is 6.03. The van der Waals surface area contributed by atoms with Crippen molar-refractivity contribution >= 4 is 15.9 Å². The summed E-state index contributed by atoms with van der Waals surface area (Å²) in [4.78, 5) is 0. The summed E-state index contributed by atoms with van der Waals surface area (Å²) in [7, 11) is 0. The molecule has 2 nitrogen and oxygen atoms in total. The highest BCUT2D eigenvalue weighted by molar-refractivity contribution is 9.09. The Morgan fingerprint density at radius 1 is 0.654 bits per heavy atom. The van der Waals surface area contributed by atoms with Gasteiger partial charge in [-0.25, -0.2) is 0 Å². The van der Waals surface area contributed by atoms with Crippen LogP contribution in [-0.2, 0) is 9.47 Å². The van der Waals surface area contributed by atoms with E-state index in [1.54, 1.807) is 0 Å². The van der Waals surface area contributed by atoms with Crippen LogP contribution in [0.15, 0.2) is 12.2 Å². The van der Waals surface area contributed by atoms with E-state index in [0.717, 1.165) is 25.0 Å². The zero-order valence-electron chi connectivity index (χ0n) is 17.7. The molecule has 0 saturated carbocycles. The molecular formula is C23H45BrO2.